The van der Waals surface area contributed by atoms with Gasteiger partial charge in [0.05, 0.1) is 9.82 Å². The Balaban J connectivity index is 2.55. The number of nitrogens with two attached hydrogens (primary N) is 1. The number of sulfone groups is 1. The molecular weight excluding hydrogens is 344 g/mol. The van der Waals surface area contributed by atoms with Crippen molar-refractivity contribution in [3.63, 3.8) is 0 Å². The number of benzene rings is 1. The maximum Gasteiger partial charge on any atom is 0.270 e. The molecule has 0 aliphatic rings. The smallest absolute Gasteiger partial charge is 0.258 e. The van der Waals surface area contributed by atoms with Crippen LogP contribution in [-0.4, -0.2) is 32.0 Å². The molecule has 0 atom stereocenters. The van der Waals surface area contributed by atoms with E-state index in [0.29, 0.717) is 0 Å². The van der Waals surface area contributed by atoms with E-state index in [2.05, 4.69) is 10.2 Å². The van der Waals surface area contributed by atoms with Crippen molar-refractivity contribution in [2.45, 2.75) is 13.6 Å². The first-order chi connectivity index (χ1) is 9.62. The highest BCUT2D eigenvalue weighted by atomic mass is 32.3. The molecule has 1 heterocycles. The molecule has 0 amide bonds. The molecular formula is C8H6N4O6S3. The molecule has 2 N–H and O–H groups in total. The van der Waals surface area contributed by atoms with Crippen LogP contribution < -0.4 is 5.14 Å². The number of aromatic nitrogens is 2. The highest BCUT2D eigenvalue weighted by Gasteiger charge is 2.27. The Kier molecular flexibility index (Phi) is 3.75. The minimum atomic E-state index is -4.21. The largest absolute Gasteiger partial charge is 0.270 e. The topological polar surface area (TPSA) is 163 Å². The minimum absolute atomic E-state index is 0.263. The highest BCUT2D eigenvalue weighted by Crippen LogP contribution is 2.27. The number of nitrogens with zero attached hydrogens (tertiary/aromatic N) is 3. The van der Waals surface area contributed by atoms with Gasteiger partial charge in [-0.05, 0) is 6.07 Å². The number of nitro benzene ring substituents is 1. The molecule has 0 radical (unpaired) electrons. The average Bonchev–Trinajstić information content (AvgIpc) is 2.89. The molecule has 1 aromatic carbocycles. The van der Waals surface area contributed by atoms with Crippen molar-refractivity contribution in [1.29, 1.82) is 0 Å². The predicted molar refractivity (Wildman–Crippen MR) is 69.8 cm³/mol. The lowest BCUT2D eigenvalue weighted by Gasteiger charge is -1.99. The first-order valence-electron chi connectivity index (χ1n) is 4.98. The van der Waals surface area contributed by atoms with Crippen LogP contribution in [-0.2, 0) is 19.9 Å². The Hall–Kier alpha value is -1.96. The third kappa shape index (κ3) is 3.05. The Morgan fingerprint density at radius 1 is 1.14 bits per heavy atom. The van der Waals surface area contributed by atoms with Gasteiger partial charge in [-0.3, -0.25) is 10.1 Å². The van der Waals surface area contributed by atoms with E-state index < -0.39 is 44.0 Å². The Morgan fingerprint density at radius 3 is 2.29 bits per heavy atom. The fourth-order valence-corrected chi connectivity index (χ4v) is 4.46. The SMILES string of the molecule is NS(=O)(=O)c1nnc(S(=O)(=O)c2cccc([N+](=O)[O-])c2)s1. The van der Waals surface area contributed by atoms with E-state index in [1.54, 1.807) is 0 Å². The second-order valence-corrected chi connectivity index (χ2v) is 8.47. The summed E-state index contributed by atoms with van der Waals surface area (Å²) in [6, 6.07) is 4.27. The van der Waals surface area contributed by atoms with Crippen LogP contribution in [0.1, 0.15) is 0 Å². The van der Waals surface area contributed by atoms with E-state index in [0.717, 1.165) is 18.2 Å². The van der Waals surface area contributed by atoms with Gasteiger partial charge in [0.2, 0.25) is 18.5 Å². The average molecular weight is 350 g/mol. The number of non-ortho nitro benzene ring substituents is 1. The van der Waals surface area contributed by atoms with Crippen molar-refractivity contribution < 1.29 is 21.8 Å². The Labute approximate surface area is 122 Å². The van der Waals surface area contributed by atoms with Crippen LogP contribution in [0, 0.1) is 10.1 Å². The van der Waals surface area contributed by atoms with Gasteiger partial charge in [-0.2, -0.15) is 0 Å². The van der Waals surface area contributed by atoms with Gasteiger partial charge in [-0.1, -0.05) is 17.4 Å². The number of rotatable bonds is 4. The van der Waals surface area contributed by atoms with Crippen molar-refractivity contribution in [3.05, 3.63) is 34.4 Å². The Morgan fingerprint density at radius 2 is 1.76 bits per heavy atom. The van der Waals surface area contributed by atoms with E-state index in [1.807, 2.05) is 0 Å². The van der Waals surface area contributed by atoms with Gasteiger partial charge in [0.25, 0.3) is 15.7 Å². The Bertz CT molecular complexity index is 917. The maximum atomic E-state index is 12.2. The van der Waals surface area contributed by atoms with Crippen molar-refractivity contribution >= 4 is 36.9 Å². The number of hydrogen-bond donors (Lipinski definition) is 1. The van der Waals surface area contributed by atoms with Crippen LogP contribution in [0.2, 0.25) is 0 Å². The van der Waals surface area contributed by atoms with Gasteiger partial charge in [-0.25, -0.2) is 22.0 Å². The number of nitro groups is 1. The van der Waals surface area contributed by atoms with Crippen LogP contribution in [0.4, 0.5) is 5.69 Å². The van der Waals surface area contributed by atoms with Gasteiger partial charge < -0.3 is 0 Å². The molecule has 0 unspecified atom stereocenters. The molecule has 2 rings (SSSR count). The van der Waals surface area contributed by atoms with E-state index in [9.17, 15) is 26.9 Å². The molecule has 112 valence electrons. The number of primary sulfonamides is 1. The molecule has 21 heavy (non-hydrogen) atoms. The van der Waals surface area contributed by atoms with Gasteiger partial charge in [0, 0.05) is 12.1 Å². The van der Waals surface area contributed by atoms with Gasteiger partial charge >= 0.3 is 0 Å². The number of hydrogen-bond acceptors (Lipinski definition) is 9. The summed E-state index contributed by atoms with van der Waals surface area (Å²) in [6.45, 7) is 0. The van der Waals surface area contributed by atoms with E-state index in [4.69, 9.17) is 5.14 Å². The van der Waals surface area contributed by atoms with Crippen molar-refractivity contribution in [3.8, 4) is 0 Å². The molecule has 13 heteroatoms. The summed E-state index contributed by atoms with van der Waals surface area (Å²) in [5.41, 5.74) is -0.424. The van der Waals surface area contributed by atoms with Gasteiger partial charge in [0.15, 0.2) is 0 Å². The van der Waals surface area contributed by atoms with E-state index in [1.165, 1.54) is 6.07 Å². The lowest BCUT2D eigenvalue weighted by atomic mass is 10.3. The predicted octanol–water partition coefficient (Wildman–Crippen LogP) is -0.0735. The lowest BCUT2D eigenvalue weighted by Crippen LogP contribution is -2.11. The second-order valence-electron chi connectivity index (χ2n) is 3.64. The van der Waals surface area contributed by atoms with Gasteiger partial charge in [0.1, 0.15) is 0 Å². The van der Waals surface area contributed by atoms with Crippen molar-refractivity contribution in [2.24, 2.45) is 5.14 Å². The van der Waals surface area contributed by atoms with Crippen LogP contribution in [0.25, 0.3) is 0 Å². The van der Waals surface area contributed by atoms with Crippen molar-refractivity contribution in [1.82, 2.24) is 10.2 Å². The first kappa shape index (κ1) is 15.4. The fraction of sp³-hybridized carbons (Fsp3) is 0. The monoisotopic (exact) mass is 350 g/mol. The third-order valence-corrected chi connectivity index (χ3v) is 6.55. The summed E-state index contributed by atoms with van der Waals surface area (Å²) < 4.78 is 45.2. The van der Waals surface area contributed by atoms with Crippen LogP contribution in [0.15, 0.2) is 37.8 Å². The molecule has 0 aliphatic carbocycles. The summed E-state index contributed by atoms with van der Waals surface area (Å²) in [5.74, 6) is 0. The van der Waals surface area contributed by atoms with E-state index in [-0.39, 0.29) is 11.3 Å². The molecule has 2 aromatic rings. The quantitative estimate of drug-likeness (QED) is 0.591. The molecule has 0 bridgehead atoms. The highest BCUT2D eigenvalue weighted by molar-refractivity contribution is 7.95. The third-order valence-electron chi connectivity index (χ3n) is 2.20. The van der Waals surface area contributed by atoms with Crippen LogP contribution in [0.3, 0.4) is 0 Å². The van der Waals surface area contributed by atoms with Crippen LogP contribution in [0.5, 0.6) is 0 Å². The maximum absolute atomic E-state index is 12.2. The minimum Gasteiger partial charge on any atom is -0.258 e. The molecule has 10 nitrogen and oxygen atoms in total. The normalized spacial score (nSPS) is 12.2. The van der Waals surface area contributed by atoms with E-state index >= 15 is 0 Å². The van der Waals surface area contributed by atoms with Gasteiger partial charge in [-0.15, -0.1) is 10.2 Å². The zero-order valence-corrected chi connectivity index (χ0v) is 12.4. The molecule has 0 saturated carbocycles. The zero-order valence-electron chi connectivity index (χ0n) is 9.90. The van der Waals surface area contributed by atoms with Crippen LogP contribution >= 0.6 is 11.3 Å². The molecule has 0 aliphatic heterocycles. The molecule has 1 aromatic heterocycles. The number of sulfonamides is 1. The fourth-order valence-electron chi connectivity index (χ4n) is 1.29. The zero-order chi connectivity index (χ0) is 15.8. The molecule has 0 fully saturated rings. The van der Waals surface area contributed by atoms with Crippen molar-refractivity contribution in [2.75, 3.05) is 0 Å². The molecule has 0 spiro atoms. The standard InChI is InChI=1S/C8H6N4O6S3/c9-21(17,18)8-11-10-7(19-8)20(15,16)6-3-1-2-5(4-6)12(13)14/h1-4H,(H2,9,17,18). The lowest BCUT2D eigenvalue weighted by molar-refractivity contribution is -0.385. The summed E-state index contributed by atoms with van der Waals surface area (Å²) in [6.07, 6.45) is 0. The second kappa shape index (κ2) is 5.10. The first-order valence-corrected chi connectivity index (χ1v) is 8.83. The molecule has 0 saturated heterocycles. The summed E-state index contributed by atoms with van der Waals surface area (Å²) in [4.78, 5) is 9.49. The summed E-state index contributed by atoms with van der Waals surface area (Å²) >= 11 is 0.263. The summed E-state index contributed by atoms with van der Waals surface area (Å²) in [7, 11) is -8.39. The summed E-state index contributed by atoms with van der Waals surface area (Å²) in [5, 5.41) is 21.9.